The van der Waals surface area contributed by atoms with Gasteiger partial charge in [-0.25, -0.2) is 13.1 Å². The number of rotatable bonds is 5. The number of nitrogens with zero attached hydrogens (tertiary/aromatic N) is 3. The van der Waals surface area contributed by atoms with E-state index in [-0.39, 0.29) is 46.6 Å². The lowest BCUT2D eigenvalue weighted by molar-refractivity contribution is -0.137. The van der Waals surface area contributed by atoms with E-state index >= 15 is 0 Å². The van der Waals surface area contributed by atoms with Crippen molar-refractivity contribution in [2.45, 2.75) is 12.6 Å². The van der Waals surface area contributed by atoms with E-state index in [0.29, 0.717) is 6.42 Å². The van der Waals surface area contributed by atoms with E-state index in [1.54, 1.807) is 0 Å². The molecule has 1 fully saturated rings. The van der Waals surface area contributed by atoms with Gasteiger partial charge >= 0.3 is 6.18 Å². The highest BCUT2D eigenvalue weighted by Crippen LogP contribution is 2.33. The van der Waals surface area contributed by atoms with Crippen LogP contribution in [0.5, 0.6) is 11.5 Å². The molecule has 2 N–H and O–H groups in total. The van der Waals surface area contributed by atoms with Crippen LogP contribution in [-0.4, -0.2) is 48.6 Å². The number of methoxy groups -OCH3 is 1. The summed E-state index contributed by atoms with van der Waals surface area (Å²) in [7, 11) is -2.21. The van der Waals surface area contributed by atoms with E-state index in [4.69, 9.17) is 4.74 Å². The van der Waals surface area contributed by atoms with Gasteiger partial charge in [0.05, 0.1) is 41.7 Å². The van der Waals surface area contributed by atoms with Crippen molar-refractivity contribution in [2.75, 3.05) is 29.0 Å². The minimum absolute atomic E-state index is 0.000256. The molecule has 1 aliphatic rings. The molecule has 2 aromatic carbocycles. The Labute approximate surface area is 192 Å². The van der Waals surface area contributed by atoms with Crippen molar-refractivity contribution in [2.24, 2.45) is 0 Å². The molecule has 13 heteroatoms. The first-order valence-corrected chi connectivity index (χ1v) is 11.6. The van der Waals surface area contributed by atoms with Crippen LogP contribution in [0.4, 0.5) is 24.5 Å². The summed E-state index contributed by atoms with van der Waals surface area (Å²) in [4.78, 5) is 12.9. The van der Waals surface area contributed by atoms with Gasteiger partial charge in [0.15, 0.2) is 11.4 Å². The zero-order chi connectivity index (χ0) is 24.7. The van der Waals surface area contributed by atoms with E-state index in [0.717, 1.165) is 16.8 Å². The van der Waals surface area contributed by atoms with Gasteiger partial charge in [-0.2, -0.15) is 18.3 Å². The maximum Gasteiger partial charge on any atom is 0.416 e. The third-order valence-electron chi connectivity index (χ3n) is 5.17. The molecule has 1 amide bonds. The zero-order valence-corrected chi connectivity index (χ0v) is 18.5. The third kappa shape index (κ3) is 4.51. The Balaban J connectivity index is 1.64. The molecule has 0 bridgehead atoms. The summed E-state index contributed by atoms with van der Waals surface area (Å²) in [5.74, 6) is -1.16. The number of phenolic OH excluding ortho intramolecular Hbond substituents is 1. The number of carbonyl (C=O) groups is 1. The molecular weight excluding hydrogens is 477 g/mol. The van der Waals surface area contributed by atoms with Crippen LogP contribution in [0.15, 0.2) is 48.7 Å². The molecule has 4 rings (SSSR count). The number of ether oxygens (including phenoxy) is 1. The van der Waals surface area contributed by atoms with Crippen molar-refractivity contribution in [3.8, 4) is 17.2 Å². The minimum Gasteiger partial charge on any atom is -0.506 e. The topological polar surface area (TPSA) is 114 Å². The van der Waals surface area contributed by atoms with E-state index in [1.165, 1.54) is 47.9 Å². The smallest absolute Gasteiger partial charge is 0.416 e. The van der Waals surface area contributed by atoms with E-state index in [2.05, 4.69) is 10.4 Å². The lowest BCUT2D eigenvalue weighted by Crippen LogP contribution is -2.25. The predicted molar refractivity (Wildman–Crippen MR) is 117 cm³/mol. The summed E-state index contributed by atoms with van der Waals surface area (Å²) in [6.45, 7) is 0.274. The number of benzene rings is 2. The monoisotopic (exact) mass is 496 g/mol. The molecule has 1 saturated heterocycles. The van der Waals surface area contributed by atoms with Gasteiger partial charge in [0.1, 0.15) is 5.75 Å². The number of aromatic hydroxyl groups is 1. The Morgan fingerprint density at radius 1 is 1.18 bits per heavy atom. The van der Waals surface area contributed by atoms with Gasteiger partial charge in [-0.1, -0.05) is 6.07 Å². The molecule has 3 aromatic rings. The molecule has 1 aromatic heterocycles. The Hall–Kier alpha value is -3.74. The van der Waals surface area contributed by atoms with Gasteiger partial charge < -0.3 is 15.2 Å². The van der Waals surface area contributed by atoms with Crippen LogP contribution in [0.25, 0.3) is 5.69 Å². The van der Waals surface area contributed by atoms with Gasteiger partial charge in [-0.3, -0.25) is 9.10 Å². The van der Waals surface area contributed by atoms with Gasteiger partial charge in [0.25, 0.3) is 5.91 Å². The largest absolute Gasteiger partial charge is 0.506 e. The van der Waals surface area contributed by atoms with Crippen LogP contribution in [-0.2, 0) is 16.2 Å². The number of nitrogens with one attached hydrogen (secondary N) is 1. The second kappa shape index (κ2) is 8.56. The van der Waals surface area contributed by atoms with Crippen LogP contribution in [0.3, 0.4) is 0 Å². The van der Waals surface area contributed by atoms with Crippen molar-refractivity contribution in [3.05, 3.63) is 59.9 Å². The van der Waals surface area contributed by atoms with Gasteiger partial charge in [-0.15, -0.1) is 0 Å². The molecule has 0 unspecified atom stereocenters. The number of halogens is 3. The number of alkyl halides is 3. The molecule has 1 aliphatic heterocycles. The molecule has 0 saturated carbocycles. The maximum atomic E-state index is 13.1. The van der Waals surface area contributed by atoms with Gasteiger partial charge in [0.2, 0.25) is 10.0 Å². The van der Waals surface area contributed by atoms with Crippen LogP contribution in [0, 0.1) is 0 Å². The quantitative estimate of drug-likeness (QED) is 0.524. The van der Waals surface area contributed by atoms with Crippen LogP contribution in [0.2, 0.25) is 0 Å². The summed E-state index contributed by atoms with van der Waals surface area (Å²) in [5, 5.41) is 16.7. The standard InChI is InChI=1S/C21H19F3N4O5S/c1-33-18-12-27(14-5-2-4-13(10-14)21(22,23)24)26-19(18)20(30)25-16-11-15(6-7-17(16)29)28-8-3-9-34(28,31)32/h2,4-7,10-12,29H,3,8-9H2,1H3,(H,25,30). The second-order valence-corrected chi connectivity index (χ2v) is 9.45. The fourth-order valence-corrected chi connectivity index (χ4v) is 5.07. The number of aromatic nitrogens is 2. The number of hydrogen-bond donors (Lipinski definition) is 2. The van der Waals surface area contributed by atoms with Gasteiger partial charge in [0, 0.05) is 6.54 Å². The fourth-order valence-electron chi connectivity index (χ4n) is 3.51. The lowest BCUT2D eigenvalue weighted by atomic mass is 10.2. The van der Waals surface area contributed by atoms with Gasteiger partial charge in [-0.05, 0) is 42.8 Å². The first-order chi connectivity index (χ1) is 16.0. The SMILES string of the molecule is COc1cn(-c2cccc(C(F)(F)F)c2)nc1C(=O)Nc1cc(N2CCCS2(=O)=O)ccc1O. The predicted octanol–water partition coefficient (Wildman–Crippen LogP) is 3.40. The highest BCUT2D eigenvalue weighted by molar-refractivity contribution is 7.93. The van der Waals surface area contributed by atoms with E-state index < -0.39 is 27.7 Å². The number of amides is 1. The average Bonchev–Trinajstić information content (AvgIpc) is 3.37. The maximum absolute atomic E-state index is 13.1. The molecule has 180 valence electrons. The van der Waals surface area contributed by atoms with E-state index in [1.807, 2.05) is 0 Å². The summed E-state index contributed by atoms with van der Waals surface area (Å²) in [6.07, 6.45) is -2.86. The first kappa shape index (κ1) is 23.4. The number of hydrogen-bond acceptors (Lipinski definition) is 6. The van der Waals surface area contributed by atoms with Crippen molar-refractivity contribution in [1.29, 1.82) is 0 Å². The first-order valence-electron chi connectivity index (χ1n) is 9.95. The number of anilines is 2. The lowest BCUT2D eigenvalue weighted by Gasteiger charge is -2.18. The van der Waals surface area contributed by atoms with Crippen LogP contribution in [0.1, 0.15) is 22.5 Å². The Morgan fingerprint density at radius 2 is 1.94 bits per heavy atom. The highest BCUT2D eigenvalue weighted by atomic mass is 32.2. The van der Waals surface area contributed by atoms with Crippen molar-refractivity contribution in [1.82, 2.24) is 9.78 Å². The van der Waals surface area contributed by atoms with Crippen LogP contribution < -0.4 is 14.4 Å². The molecule has 2 heterocycles. The minimum atomic E-state index is -4.56. The Kier molecular flexibility index (Phi) is 5.89. The molecule has 0 aliphatic carbocycles. The van der Waals surface area contributed by atoms with Crippen molar-refractivity contribution in [3.63, 3.8) is 0 Å². The third-order valence-corrected chi connectivity index (χ3v) is 7.04. The summed E-state index contributed by atoms with van der Waals surface area (Å²) in [5.41, 5.74) is -0.883. The molecule has 0 radical (unpaired) electrons. The molecule has 0 spiro atoms. The van der Waals surface area contributed by atoms with Crippen LogP contribution >= 0.6 is 0 Å². The molecule has 34 heavy (non-hydrogen) atoms. The average molecular weight is 496 g/mol. The molecule has 0 atom stereocenters. The van der Waals surface area contributed by atoms with Crippen molar-refractivity contribution < 1.29 is 36.2 Å². The van der Waals surface area contributed by atoms with E-state index in [9.17, 15) is 31.5 Å². The number of carbonyl (C=O) groups excluding carboxylic acids is 1. The zero-order valence-electron chi connectivity index (χ0n) is 17.7. The number of phenols is 1. The Morgan fingerprint density at radius 3 is 2.59 bits per heavy atom. The normalized spacial score (nSPS) is 15.4. The summed E-state index contributed by atoms with van der Waals surface area (Å²) in [6, 6.07) is 8.35. The molecule has 9 nitrogen and oxygen atoms in total. The highest BCUT2D eigenvalue weighted by Gasteiger charge is 2.31. The summed E-state index contributed by atoms with van der Waals surface area (Å²) >= 11 is 0. The second-order valence-electron chi connectivity index (χ2n) is 7.44. The number of sulfonamides is 1. The fraction of sp³-hybridized carbons (Fsp3) is 0.238. The van der Waals surface area contributed by atoms with Crippen molar-refractivity contribution >= 4 is 27.3 Å². The summed E-state index contributed by atoms with van der Waals surface area (Å²) < 4.78 is 70.9. The Bertz CT molecular complexity index is 1350. The molecular formula is C21H19F3N4O5S.